The molecule has 0 spiro atoms. The Labute approximate surface area is 113 Å². The van der Waals surface area contributed by atoms with E-state index in [1.807, 2.05) is 0 Å². The van der Waals surface area contributed by atoms with Crippen molar-refractivity contribution in [1.82, 2.24) is 15.1 Å². The lowest BCUT2D eigenvalue weighted by Gasteiger charge is -2.31. The molecule has 1 N–H and O–H groups in total. The van der Waals surface area contributed by atoms with Gasteiger partial charge < -0.3 is 15.1 Å². The van der Waals surface area contributed by atoms with Crippen LogP contribution in [0.2, 0.25) is 0 Å². The van der Waals surface area contributed by atoms with Crippen molar-refractivity contribution in [2.24, 2.45) is 11.8 Å². The van der Waals surface area contributed by atoms with Crippen LogP contribution in [0, 0.1) is 11.8 Å². The van der Waals surface area contributed by atoms with E-state index in [1.54, 1.807) is 0 Å². The average molecular weight is 253 g/mol. The van der Waals surface area contributed by atoms with Gasteiger partial charge >= 0.3 is 0 Å². The van der Waals surface area contributed by atoms with Crippen LogP contribution >= 0.6 is 0 Å². The molecule has 2 rings (SSSR count). The molecule has 1 atom stereocenters. The Morgan fingerprint density at radius 3 is 2.44 bits per heavy atom. The number of nitrogens with zero attached hydrogens (tertiary/aromatic N) is 2. The van der Waals surface area contributed by atoms with Gasteiger partial charge in [-0.05, 0) is 90.8 Å². The molecule has 0 bridgehead atoms. The first kappa shape index (κ1) is 14.3. The van der Waals surface area contributed by atoms with E-state index in [9.17, 15) is 0 Å². The molecule has 0 aromatic rings. The van der Waals surface area contributed by atoms with Crippen LogP contribution in [0.3, 0.4) is 0 Å². The summed E-state index contributed by atoms with van der Waals surface area (Å²) in [6.45, 7) is 7.66. The van der Waals surface area contributed by atoms with E-state index >= 15 is 0 Å². The lowest BCUT2D eigenvalue weighted by molar-refractivity contribution is 0.198. The summed E-state index contributed by atoms with van der Waals surface area (Å²) in [6.07, 6.45) is 7.01. The van der Waals surface area contributed by atoms with E-state index in [0.717, 1.165) is 11.8 Å². The van der Waals surface area contributed by atoms with Crippen LogP contribution in [0.15, 0.2) is 0 Å². The highest BCUT2D eigenvalue weighted by Crippen LogP contribution is 2.19. The largest absolute Gasteiger partial charge is 0.316 e. The fourth-order valence-corrected chi connectivity index (χ4v) is 3.40. The van der Waals surface area contributed by atoms with Crippen molar-refractivity contribution in [2.75, 3.05) is 53.4 Å². The fraction of sp³-hybridized carbons (Fsp3) is 1.00. The van der Waals surface area contributed by atoms with Crippen LogP contribution in [0.4, 0.5) is 0 Å². The van der Waals surface area contributed by atoms with Crippen LogP contribution in [-0.4, -0.2) is 63.2 Å². The minimum Gasteiger partial charge on any atom is -0.316 e. The van der Waals surface area contributed by atoms with Crippen molar-refractivity contribution in [3.05, 3.63) is 0 Å². The van der Waals surface area contributed by atoms with E-state index in [4.69, 9.17) is 0 Å². The zero-order valence-corrected chi connectivity index (χ0v) is 12.3. The zero-order valence-electron chi connectivity index (χ0n) is 12.3. The molecule has 2 saturated heterocycles. The molecule has 0 saturated carbocycles. The molecule has 0 amide bonds. The minimum absolute atomic E-state index is 0.890. The molecular weight excluding hydrogens is 222 g/mol. The standard InChI is InChI=1S/C15H31N3/c1-17-10-6-14(7-11-17)5-8-16-12-15-4-3-9-18(2)13-15/h14-16H,3-13H2,1-2H3. The van der Waals surface area contributed by atoms with Gasteiger partial charge in [-0.1, -0.05) is 0 Å². The predicted molar refractivity (Wildman–Crippen MR) is 77.9 cm³/mol. The van der Waals surface area contributed by atoms with Gasteiger partial charge in [0.1, 0.15) is 0 Å². The van der Waals surface area contributed by atoms with E-state index in [0.29, 0.717) is 0 Å². The summed E-state index contributed by atoms with van der Waals surface area (Å²) < 4.78 is 0. The highest BCUT2D eigenvalue weighted by Gasteiger charge is 2.18. The molecule has 3 nitrogen and oxygen atoms in total. The smallest absolute Gasteiger partial charge is 0.00187 e. The Hall–Kier alpha value is -0.120. The van der Waals surface area contributed by atoms with Crippen LogP contribution in [0.5, 0.6) is 0 Å². The number of hydrogen-bond acceptors (Lipinski definition) is 3. The van der Waals surface area contributed by atoms with Gasteiger partial charge in [-0.25, -0.2) is 0 Å². The van der Waals surface area contributed by atoms with Gasteiger partial charge in [0.2, 0.25) is 0 Å². The molecule has 2 heterocycles. The average Bonchev–Trinajstić information content (AvgIpc) is 2.37. The van der Waals surface area contributed by atoms with Crippen LogP contribution < -0.4 is 5.32 Å². The van der Waals surface area contributed by atoms with Gasteiger partial charge in [0.05, 0.1) is 0 Å². The molecule has 3 heteroatoms. The Kier molecular flexibility index (Phi) is 5.93. The molecule has 2 aliphatic heterocycles. The third kappa shape index (κ3) is 4.87. The maximum atomic E-state index is 3.69. The lowest BCUT2D eigenvalue weighted by Crippen LogP contribution is -2.38. The third-order valence-corrected chi connectivity index (χ3v) is 4.72. The Morgan fingerprint density at radius 1 is 0.944 bits per heavy atom. The minimum atomic E-state index is 0.890. The van der Waals surface area contributed by atoms with Gasteiger partial charge in [0.25, 0.3) is 0 Å². The maximum Gasteiger partial charge on any atom is 0.00187 e. The van der Waals surface area contributed by atoms with E-state index in [-0.39, 0.29) is 0 Å². The van der Waals surface area contributed by atoms with Crippen LogP contribution in [-0.2, 0) is 0 Å². The second kappa shape index (κ2) is 7.46. The molecule has 0 aromatic heterocycles. The molecule has 106 valence electrons. The van der Waals surface area contributed by atoms with Crippen molar-refractivity contribution in [3.63, 3.8) is 0 Å². The van der Waals surface area contributed by atoms with Crippen molar-refractivity contribution in [2.45, 2.75) is 32.1 Å². The monoisotopic (exact) mass is 253 g/mol. The molecule has 0 aromatic carbocycles. The molecule has 2 aliphatic rings. The van der Waals surface area contributed by atoms with Gasteiger partial charge in [-0.3, -0.25) is 0 Å². The second-order valence-electron chi connectivity index (χ2n) is 6.51. The molecular formula is C15H31N3. The summed E-state index contributed by atoms with van der Waals surface area (Å²) >= 11 is 0. The summed E-state index contributed by atoms with van der Waals surface area (Å²) in [7, 11) is 4.50. The third-order valence-electron chi connectivity index (χ3n) is 4.72. The fourth-order valence-electron chi connectivity index (χ4n) is 3.40. The first-order valence-electron chi connectivity index (χ1n) is 7.82. The first-order valence-corrected chi connectivity index (χ1v) is 7.82. The topological polar surface area (TPSA) is 18.5 Å². The molecule has 18 heavy (non-hydrogen) atoms. The number of likely N-dealkylation sites (tertiary alicyclic amines) is 2. The Morgan fingerprint density at radius 2 is 1.72 bits per heavy atom. The number of piperidine rings is 2. The maximum absolute atomic E-state index is 3.69. The van der Waals surface area contributed by atoms with Crippen LogP contribution in [0.1, 0.15) is 32.1 Å². The van der Waals surface area contributed by atoms with E-state index < -0.39 is 0 Å². The van der Waals surface area contributed by atoms with Gasteiger partial charge in [-0.2, -0.15) is 0 Å². The predicted octanol–water partition coefficient (Wildman–Crippen LogP) is 1.65. The van der Waals surface area contributed by atoms with Gasteiger partial charge in [0.15, 0.2) is 0 Å². The summed E-state index contributed by atoms with van der Waals surface area (Å²) in [5.41, 5.74) is 0. The van der Waals surface area contributed by atoms with E-state index in [1.165, 1.54) is 71.4 Å². The van der Waals surface area contributed by atoms with Crippen LogP contribution in [0.25, 0.3) is 0 Å². The highest BCUT2D eigenvalue weighted by atomic mass is 15.1. The summed E-state index contributed by atoms with van der Waals surface area (Å²) in [4.78, 5) is 4.94. The van der Waals surface area contributed by atoms with Gasteiger partial charge in [0, 0.05) is 6.54 Å². The van der Waals surface area contributed by atoms with E-state index in [2.05, 4.69) is 29.2 Å². The number of nitrogens with one attached hydrogen (secondary N) is 1. The van der Waals surface area contributed by atoms with Gasteiger partial charge in [-0.15, -0.1) is 0 Å². The summed E-state index contributed by atoms with van der Waals surface area (Å²) in [6, 6.07) is 0. The Bertz CT molecular complexity index is 224. The quantitative estimate of drug-likeness (QED) is 0.752. The van der Waals surface area contributed by atoms with Crippen molar-refractivity contribution in [1.29, 1.82) is 0 Å². The molecule has 0 radical (unpaired) electrons. The van der Waals surface area contributed by atoms with Crippen molar-refractivity contribution in [3.8, 4) is 0 Å². The number of hydrogen-bond donors (Lipinski definition) is 1. The Balaban J connectivity index is 1.50. The second-order valence-corrected chi connectivity index (χ2v) is 6.51. The zero-order chi connectivity index (χ0) is 12.8. The molecule has 0 aliphatic carbocycles. The van der Waals surface area contributed by atoms with Crippen molar-refractivity contribution >= 4 is 0 Å². The molecule has 1 unspecified atom stereocenters. The SMILES string of the molecule is CN1CCC(CCNCC2CCCN(C)C2)CC1. The first-order chi connectivity index (χ1) is 8.74. The number of rotatable bonds is 5. The highest BCUT2D eigenvalue weighted by molar-refractivity contribution is 4.74. The lowest BCUT2D eigenvalue weighted by atomic mass is 9.93. The van der Waals surface area contributed by atoms with Crippen molar-refractivity contribution < 1.29 is 0 Å². The summed E-state index contributed by atoms with van der Waals surface area (Å²) in [5.74, 6) is 1.86. The summed E-state index contributed by atoms with van der Waals surface area (Å²) in [5, 5.41) is 3.69. The normalized spacial score (nSPS) is 28.7. The molecule has 2 fully saturated rings.